The number of hydrogen-bond donors (Lipinski definition) is 1. The van der Waals surface area contributed by atoms with Crippen LogP contribution in [0.3, 0.4) is 0 Å². The van der Waals surface area contributed by atoms with E-state index in [1.165, 1.54) is 18.2 Å². The van der Waals surface area contributed by atoms with Gasteiger partial charge in [-0.15, -0.1) is 11.3 Å². The Hall–Kier alpha value is -3.79. The van der Waals surface area contributed by atoms with Crippen LogP contribution in [0.5, 0.6) is 0 Å². The minimum Gasteiger partial charge on any atom is -0.466 e. The lowest BCUT2D eigenvalue weighted by Crippen LogP contribution is -2.25. The molecule has 1 amide bonds. The molecule has 10 heteroatoms. The maximum atomic E-state index is 13.8. The van der Waals surface area contributed by atoms with Crippen LogP contribution >= 0.6 is 11.3 Å². The van der Waals surface area contributed by atoms with Gasteiger partial charge in [0.05, 0.1) is 23.2 Å². The summed E-state index contributed by atoms with van der Waals surface area (Å²) in [6.45, 7) is 5.13. The zero-order valence-electron chi connectivity index (χ0n) is 17.4. The van der Waals surface area contributed by atoms with E-state index in [1.807, 2.05) is 0 Å². The second-order valence-electron chi connectivity index (χ2n) is 6.90. The number of rotatable bonds is 5. The van der Waals surface area contributed by atoms with Crippen LogP contribution in [0, 0.1) is 19.7 Å². The van der Waals surface area contributed by atoms with Gasteiger partial charge in [-0.1, -0.05) is 6.07 Å². The topological polar surface area (TPSA) is 103 Å². The number of ether oxygens (including phenoxy) is 1. The Labute approximate surface area is 185 Å². The molecule has 0 aliphatic rings. The lowest BCUT2D eigenvalue weighted by molar-refractivity contribution is 0.0520. The van der Waals surface area contributed by atoms with E-state index in [0.29, 0.717) is 17.1 Å². The third-order valence-electron chi connectivity index (χ3n) is 4.69. The fraction of sp³-hybridized carbons (Fsp3) is 0.182. The van der Waals surface area contributed by atoms with Gasteiger partial charge >= 0.3 is 5.97 Å². The van der Waals surface area contributed by atoms with Gasteiger partial charge in [0.1, 0.15) is 22.3 Å². The molecule has 1 N–H and O–H groups in total. The van der Waals surface area contributed by atoms with Crippen molar-refractivity contribution < 1.29 is 23.1 Å². The molecule has 0 aliphatic carbocycles. The Bertz CT molecular complexity index is 1420. The minimum absolute atomic E-state index is 0.0727. The van der Waals surface area contributed by atoms with Crippen LogP contribution < -0.4 is 10.9 Å². The zero-order chi connectivity index (χ0) is 23.0. The van der Waals surface area contributed by atoms with E-state index in [2.05, 4.69) is 10.4 Å². The van der Waals surface area contributed by atoms with E-state index < -0.39 is 23.3 Å². The number of aryl methyl sites for hydroxylation is 2. The number of halogens is 1. The van der Waals surface area contributed by atoms with Crippen molar-refractivity contribution >= 4 is 39.0 Å². The number of benzene rings is 1. The quantitative estimate of drug-likeness (QED) is 0.452. The number of thiophene rings is 1. The lowest BCUT2D eigenvalue weighted by Gasteiger charge is -2.10. The number of amides is 1. The molecule has 0 fully saturated rings. The molecule has 164 valence electrons. The highest BCUT2D eigenvalue weighted by Gasteiger charge is 2.24. The summed E-state index contributed by atoms with van der Waals surface area (Å²) in [5.74, 6) is -0.759. The number of aromatic nitrogens is 2. The van der Waals surface area contributed by atoms with E-state index in [9.17, 15) is 18.8 Å². The Morgan fingerprint density at radius 1 is 1.28 bits per heavy atom. The SMILES string of the molecule is CCOC(=O)c1nn(-c2cccc(F)c2)c(=O)c2c(NC(=O)c3cc(C)oc3C)scc12. The average molecular weight is 455 g/mol. The largest absolute Gasteiger partial charge is 0.466 e. The van der Waals surface area contributed by atoms with Gasteiger partial charge in [0, 0.05) is 10.8 Å². The Morgan fingerprint density at radius 2 is 2.06 bits per heavy atom. The van der Waals surface area contributed by atoms with Crippen molar-refractivity contribution in [1.29, 1.82) is 0 Å². The van der Waals surface area contributed by atoms with Gasteiger partial charge in [0.15, 0.2) is 5.69 Å². The van der Waals surface area contributed by atoms with Crippen molar-refractivity contribution in [2.24, 2.45) is 0 Å². The summed E-state index contributed by atoms with van der Waals surface area (Å²) in [5.41, 5.74) is -0.269. The standard InChI is InChI=1S/C22H18FN3O5S/c1-4-30-22(29)18-16-10-32-20(24-19(27)15-8-11(2)31-12(15)3)17(16)21(28)26(25-18)14-7-5-6-13(23)9-14/h5-10H,4H2,1-3H3,(H,24,27). The number of hydrogen-bond acceptors (Lipinski definition) is 7. The third kappa shape index (κ3) is 3.80. The van der Waals surface area contributed by atoms with E-state index in [0.717, 1.165) is 22.1 Å². The molecule has 3 aromatic heterocycles. The van der Waals surface area contributed by atoms with E-state index in [1.54, 1.807) is 32.2 Å². The van der Waals surface area contributed by atoms with Gasteiger partial charge < -0.3 is 14.5 Å². The van der Waals surface area contributed by atoms with Crippen LogP contribution in [0.4, 0.5) is 9.39 Å². The summed E-state index contributed by atoms with van der Waals surface area (Å²) in [7, 11) is 0. The number of esters is 1. The molecular weight excluding hydrogens is 437 g/mol. The van der Waals surface area contributed by atoms with Crippen LogP contribution in [-0.2, 0) is 4.74 Å². The molecule has 1 aromatic carbocycles. The predicted octanol–water partition coefficient (Wildman–Crippen LogP) is 4.23. The summed E-state index contributed by atoms with van der Waals surface area (Å²) in [4.78, 5) is 38.7. The normalized spacial score (nSPS) is 11.0. The van der Waals surface area contributed by atoms with Crippen molar-refractivity contribution in [1.82, 2.24) is 9.78 Å². The third-order valence-corrected chi connectivity index (χ3v) is 5.58. The van der Waals surface area contributed by atoms with Crippen molar-refractivity contribution in [3.05, 3.63) is 74.7 Å². The molecule has 0 radical (unpaired) electrons. The summed E-state index contributed by atoms with van der Waals surface area (Å²) in [5, 5.41) is 8.95. The first kappa shape index (κ1) is 21.4. The van der Waals surface area contributed by atoms with Crippen molar-refractivity contribution in [2.75, 3.05) is 11.9 Å². The van der Waals surface area contributed by atoms with Gasteiger partial charge in [-0.25, -0.2) is 9.18 Å². The first-order chi connectivity index (χ1) is 15.3. The summed E-state index contributed by atoms with van der Waals surface area (Å²) < 4.78 is 25.2. The number of carbonyl (C=O) groups excluding carboxylic acids is 2. The van der Waals surface area contributed by atoms with Gasteiger partial charge in [-0.3, -0.25) is 9.59 Å². The van der Waals surface area contributed by atoms with E-state index >= 15 is 0 Å². The fourth-order valence-electron chi connectivity index (χ4n) is 3.30. The number of anilines is 1. The maximum Gasteiger partial charge on any atom is 0.359 e. The molecule has 0 unspecified atom stereocenters. The first-order valence-corrected chi connectivity index (χ1v) is 10.5. The Morgan fingerprint density at radius 3 is 2.72 bits per heavy atom. The summed E-state index contributed by atoms with van der Waals surface area (Å²) in [6, 6.07) is 6.85. The van der Waals surface area contributed by atoms with Crippen LogP contribution in [0.25, 0.3) is 16.5 Å². The molecule has 0 spiro atoms. The van der Waals surface area contributed by atoms with Gasteiger partial charge in [0.2, 0.25) is 0 Å². The number of furan rings is 1. The van der Waals surface area contributed by atoms with Crippen LogP contribution in [0.1, 0.15) is 39.3 Å². The van der Waals surface area contributed by atoms with Crippen LogP contribution in [0.15, 0.2) is 44.9 Å². The van der Waals surface area contributed by atoms with E-state index in [-0.39, 0.29) is 33.8 Å². The highest BCUT2D eigenvalue weighted by molar-refractivity contribution is 7.16. The molecule has 0 aliphatic heterocycles. The monoisotopic (exact) mass is 455 g/mol. The molecular formula is C22H18FN3O5S. The summed E-state index contributed by atoms with van der Waals surface area (Å²) >= 11 is 1.07. The zero-order valence-corrected chi connectivity index (χ0v) is 18.2. The molecule has 0 saturated heterocycles. The average Bonchev–Trinajstić information content (AvgIpc) is 3.31. The van der Waals surface area contributed by atoms with Crippen LogP contribution in [-0.4, -0.2) is 28.3 Å². The lowest BCUT2D eigenvalue weighted by atomic mass is 10.2. The highest BCUT2D eigenvalue weighted by atomic mass is 32.1. The highest BCUT2D eigenvalue weighted by Crippen LogP contribution is 2.31. The van der Waals surface area contributed by atoms with Gasteiger partial charge in [-0.05, 0) is 45.0 Å². The van der Waals surface area contributed by atoms with Crippen LogP contribution in [0.2, 0.25) is 0 Å². The van der Waals surface area contributed by atoms with Gasteiger partial charge in [0.25, 0.3) is 11.5 Å². The molecule has 8 nitrogen and oxygen atoms in total. The van der Waals surface area contributed by atoms with Crippen molar-refractivity contribution in [2.45, 2.75) is 20.8 Å². The second-order valence-corrected chi connectivity index (χ2v) is 7.78. The fourth-order valence-corrected chi connectivity index (χ4v) is 4.23. The number of carbonyl (C=O) groups is 2. The molecule has 4 aromatic rings. The number of nitrogens with one attached hydrogen (secondary N) is 1. The minimum atomic E-state index is -0.736. The number of nitrogens with zero attached hydrogens (tertiary/aromatic N) is 2. The number of fused-ring (bicyclic) bond motifs is 1. The van der Waals surface area contributed by atoms with Crippen molar-refractivity contribution in [3.63, 3.8) is 0 Å². The summed E-state index contributed by atoms with van der Waals surface area (Å²) in [6.07, 6.45) is 0. The molecule has 0 bridgehead atoms. The second kappa shape index (κ2) is 8.39. The predicted molar refractivity (Wildman–Crippen MR) is 117 cm³/mol. The molecule has 0 atom stereocenters. The molecule has 3 heterocycles. The molecule has 32 heavy (non-hydrogen) atoms. The first-order valence-electron chi connectivity index (χ1n) is 9.66. The van der Waals surface area contributed by atoms with E-state index in [4.69, 9.17) is 9.15 Å². The molecule has 0 saturated carbocycles. The Balaban J connectivity index is 1.90. The maximum absolute atomic E-state index is 13.8. The Kier molecular flexibility index (Phi) is 5.62. The van der Waals surface area contributed by atoms with Crippen molar-refractivity contribution in [3.8, 4) is 5.69 Å². The smallest absolute Gasteiger partial charge is 0.359 e. The molecule has 4 rings (SSSR count). The van der Waals surface area contributed by atoms with Gasteiger partial charge in [-0.2, -0.15) is 9.78 Å².